The van der Waals surface area contributed by atoms with Crippen LogP contribution in [-0.4, -0.2) is 60.7 Å². The molecule has 0 bridgehead atoms. The molecule has 6 heteroatoms. The summed E-state index contributed by atoms with van der Waals surface area (Å²) in [5.74, 6) is 2.54. The molecule has 0 radical (unpaired) electrons. The van der Waals surface area contributed by atoms with E-state index in [2.05, 4.69) is 55.6 Å². The van der Waals surface area contributed by atoms with Crippen molar-refractivity contribution in [1.29, 1.82) is 0 Å². The lowest BCUT2D eigenvalue weighted by Gasteiger charge is -2.37. The number of aromatic nitrogens is 1. The van der Waals surface area contributed by atoms with Crippen molar-refractivity contribution in [3.05, 3.63) is 53.9 Å². The Hall–Kier alpha value is -2.34. The first-order valence-corrected chi connectivity index (χ1v) is 10.9. The summed E-state index contributed by atoms with van der Waals surface area (Å²) in [5, 5.41) is 7.67. The summed E-state index contributed by atoms with van der Waals surface area (Å²) in [6, 6.07) is 13.0. The maximum atomic E-state index is 4.94. The number of nitrogens with zero attached hydrogens (tertiary/aromatic N) is 4. The minimum Gasteiger partial charge on any atom is -0.364 e. The van der Waals surface area contributed by atoms with Crippen LogP contribution in [0.5, 0.6) is 0 Å². The molecule has 0 unspecified atom stereocenters. The smallest absolute Gasteiger partial charge is 0.193 e. The Morgan fingerprint density at radius 1 is 1.07 bits per heavy atom. The predicted octanol–water partition coefficient (Wildman–Crippen LogP) is 3.34. The van der Waals surface area contributed by atoms with Gasteiger partial charge in [0.05, 0.1) is 5.69 Å². The van der Waals surface area contributed by atoms with Crippen molar-refractivity contribution >= 4 is 5.96 Å². The third-order valence-electron chi connectivity index (χ3n) is 6.43. The number of aliphatic imine (C=N–C) groups is 1. The molecule has 6 nitrogen and oxygen atoms in total. The van der Waals surface area contributed by atoms with Gasteiger partial charge in [0.2, 0.25) is 0 Å². The molecule has 1 aliphatic carbocycles. The van der Waals surface area contributed by atoms with Gasteiger partial charge in [-0.1, -0.05) is 35.5 Å². The summed E-state index contributed by atoms with van der Waals surface area (Å²) in [6.45, 7) is 5.94. The van der Waals surface area contributed by atoms with E-state index < -0.39 is 0 Å². The highest BCUT2D eigenvalue weighted by atomic mass is 16.5. The Balaban J connectivity index is 1.18. The Morgan fingerprint density at radius 2 is 1.83 bits per heavy atom. The molecule has 4 rings (SSSR count). The lowest BCUT2D eigenvalue weighted by atomic mass is 9.79. The molecule has 1 saturated heterocycles. The molecule has 2 aliphatic rings. The fourth-order valence-corrected chi connectivity index (χ4v) is 4.66. The summed E-state index contributed by atoms with van der Waals surface area (Å²) in [4.78, 5) is 9.35. The van der Waals surface area contributed by atoms with E-state index in [9.17, 15) is 0 Å². The van der Waals surface area contributed by atoms with Crippen molar-refractivity contribution in [3.8, 4) is 0 Å². The molecule has 1 aliphatic heterocycles. The molecule has 2 fully saturated rings. The van der Waals surface area contributed by atoms with E-state index in [0.29, 0.717) is 0 Å². The Bertz CT molecular complexity index is 745. The summed E-state index contributed by atoms with van der Waals surface area (Å²) >= 11 is 0. The van der Waals surface area contributed by atoms with Gasteiger partial charge in [0.15, 0.2) is 5.96 Å². The largest absolute Gasteiger partial charge is 0.364 e. The van der Waals surface area contributed by atoms with Crippen LogP contribution in [0.4, 0.5) is 0 Å². The van der Waals surface area contributed by atoms with Crippen LogP contribution < -0.4 is 5.32 Å². The lowest BCUT2D eigenvalue weighted by Crippen LogP contribution is -2.52. The topological polar surface area (TPSA) is 56.9 Å². The average Bonchev–Trinajstić information content (AvgIpc) is 3.29. The Morgan fingerprint density at radius 3 is 2.48 bits per heavy atom. The maximum Gasteiger partial charge on any atom is 0.193 e. The first-order valence-electron chi connectivity index (χ1n) is 10.9. The number of nitrogens with one attached hydrogen (secondary N) is 1. The van der Waals surface area contributed by atoms with E-state index >= 15 is 0 Å². The van der Waals surface area contributed by atoms with Crippen LogP contribution in [0, 0.1) is 5.92 Å². The van der Waals surface area contributed by atoms with Crippen molar-refractivity contribution in [2.24, 2.45) is 10.9 Å². The molecule has 1 saturated carbocycles. The van der Waals surface area contributed by atoms with Crippen LogP contribution in [0.25, 0.3) is 0 Å². The molecule has 2 aromatic rings. The maximum absolute atomic E-state index is 4.94. The fraction of sp³-hybridized carbons (Fsp3) is 0.565. The van der Waals surface area contributed by atoms with Gasteiger partial charge in [-0.25, -0.2) is 0 Å². The standard InChI is InChI=1S/C23H33N5O/c1-24-23(28-14-12-27(13-15-28)18-22-11-16-29-26-22)25-17-19-7-9-21(10-8-19)20-5-3-2-4-6-20/h2-6,11,16,19,21H,7-10,12-15,17-18H2,1H3,(H,24,25). The van der Waals surface area contributed by atoms with E-state index in [-0.39, 0.29) is 0 Å². The van der Waals surface area contributed by atoms with Crippen LogP contribution in [-0.2, 0) is 6.54 Å². The van der Waals surface area contributed by atoms with Gasteiger partial charge in [-0.15, -0.1) is 0 Å². The van der Waals surface area contributed by atoms with Gasteiger partial charge in [0.1, 0.15) is 6.26 Å². The number of piperazine rings is 1. The summed E-state index contributed by atoms with van der Waals surface area (Å²) < 4.78 is 4.94. The highest BCUT2D eigenvalue weighted by molar-refractivity contribution is 5.80. The number of guanidine groups is 1. The molecule has 0 amide bonds. The van der Waals surface area contributed by atoms with Crippen molar-refractivity contribution in [2.45, 2.75) is 38.1 Å². The highest BCUT2D eigenvalue weighted by Gasteiger charge is 2.24. The van der Waals surface area contributed by atoms with Crippen LogP contribution in [0.2, 0.25) is 0 Å². The molecule has 29 heavy (non-hydrogen) atoms. The second-order valence-corrected chi connectivity index (χ2v) is 8.31. The van der Waals surface area contributed by atoms with Crippen LogP contribution >= 0.6 is 0 Å². The quantitative estimate of drug-likeness (QED) is 0.622. The van der Waals surface area contributed by atoms with E-state index in [1.54, 1.807) is 6.26 Å². The SMILES string of the molecule is CN=C(NCC1CCC(c2ccccc2)CC1)N1CCN(Cc2ccon2)CC1. The molecule has 0 atom stereocenters. The molecule has 156 valence electrons. The molecule has 2 heterocycles. The summed E-state index contributed by atoms with van der Waals surface area (Å²) in [5.41, 5.74) is 2.52. The minimum atomic E-state index is 0.740. The van der Waals surface area contributed by atoms with Crippen molar-refractivity contribution in [3.63, 3.8) is 0 Å². The highest BCUT2D eigenvalue weighted by Crippen LogP contribution is 2.35. The number of rotatable bonds is 5. The predicted molar refractivity (Wildman–Crippen MR) is 116 cm³/mol. The van der Waals surface area contributed by atoms with Gasteiger partial charge in [0, 0.05) is 52.4 Å². The molecular weight excluding hydrogens is 362 g/mol. The van der Waals surface area contributed by atoms with Gasteiger partial charge < -0.3 is 14.7 Å². The summed E-state index contributed by atoms with van der Waals surface area (Å²) in [7, 11) is 1.90. The lowest BCUT2D eigenvalue weighted by molar-refractivity contribution is 0.168. The van der Waals surface area contributed by atoms with Crippen molar-refractivity contribution in [1.82, 2.24) is 20.3 Å². The van der Waals surface area contributed by atoms with Crippen LogP contribution in [0.1, 0.15) is 42.9 Å². The van der Waals surface area contributed by atoms with Gasteiger partial charge >= 0.3 is 0 Å². The van der Waals surface area contributed by atoms with Gasteiger partial charge in [-0.05, 0) is 43.1 Å². The molecule has 0 spiro atoms. The monoisotopic (exact) mass is 395 g/mol. The first-order chi connectivity index (χ1) is 14.3. The third kappa shape index (κ3) is 5.38. The van der Waals surface area contributed by atoms with Crippen molar-refractivity contribution < 1.29 is 4.52 Å². The second-order valence-electron chi connectivity index (χ2n) is 8.31. The van der Waals surface area contributed by atoms with Crippen LogP contribution in [0.3, 0.4) is 0 Å². The number of hydrogen-bond acceptors (Lipinski definition) is 4. The van der Waals surface area contributed by atoms with Gasteiger partial charge in [-0.3, -0.25) is 9.89 Å². The fourth-order valence-electron chi connectivity index (χ4n) is 4.66. The third-order valence-corrected chi connectivity index (χ3v) is 6.43. The molecule has 1 N–H and O–H groups in total. The van der Waals surface area contributed by atoms with E-state index in [0.717, 1.165) is 62.8 Å². The molecular formula is C23H33N5O. The zero-order chi connectivity index (χ0) is 19.9. The molecule has 1 aromatic heterocycles. The minimum absolute atomic E-state index is 0.740. The van der Waals surface area contributed by atoms with Gasteiger partial charge in [0.25, 0.3) is 0 Å². The Kier molecular flexibility index (Phi) is 6.83. The van der Waals surface area contributed by atoms with E-state index in [1.807, 2.05) is 13.1 Å². The second kappa shape index (κ2) is 9.92. The summed E-state index contributed by atoms with van der Waals surface area (Å²) in [6.07, 6.45) is 6.85. The zero-order valence-corrected chi connectivity index (χ0v) is 17.5. The zero-order valence-electron chi connectivity index (χ0n) is 17.5. The normalized spacial score (nSPS) is 23.9. The van der Waals surface area contributed by atoms with E-state index in [1.165, 1.54) is 31.2 Å². The number of benzene rings is 1. The van der Waals surface area contributed by atoms with Gasteiger partial charge in [-0.2, -0.15) is 0 Å². The molecule has 1 aromatic carbocycles. The Labute approximate surface area is 174 Å². The average molecular weight is 396 g/mol. The number of hydrogen-bond donors (Lipinski definition) is 1. The van der Waals surface area contributed by atoms with Crippen molar-refractivity contribution in [2.75, 3.05) is 39.8 Å². The van der Waals surface area contributed by atoms with Crippen LogP contribution in [0.15, 0.2) is 52.2 Å². The van der Waals surface area contributed by atoms with E-state index in [4.69, 9.17) is 4.52 Å². The first kappa shape index (κ1) is 20.0.